The molecule has 3 rings (SSSR count). The third-order valence-corrected chi connectivity index (χ3v) is 4.61. The predicted molar refractivity (Wildman–Crippen MR) is 109 cm³/mol. The van der Waals surface area contributed by atoms with Gasteiger partial charge in [-0.3, -0.25) is 4.99 Å². The monoisotopic (exact) mass is 426 g/mol. The van der Waals surface area contributed by atoms with Gasteiger partial charge in [0.25, 0.3) is 0 Å². The Bertz CT molecular complexity index is 656. The first kappa shape index (κ1) is 18.1. The minimum Gasteiger partial charge on any atom is -0.358 e. The van der Waals surface area contributed by atoms with E-state index in [1.54, 1.807) is 0 Å². The summed E-state index contributed by atoms with van der Waals surface area (Å²) in [5, 5.41) is 8.31. The van der Waals surface area contributed by atoms with Crippen LogP contribution in [-0.4, -0.2) is 30.6 Å². The van der Waals surface area contributed by atoms with E-state index in [1.165, 1.54) is 47.8 Å². The Kier molecular flexibility index (Phi) is 6.74. The van der Waals surface area contributed by atoms with Crippen molar-refractivity contribution >= 4 is 40.8 Å². The number of para-hydroxylation sites is 1. The Morgan fingerprint density at radius 2 is 2.00 bits per heavy atom. The van der Waals surface area contributed by atoms with E-state index in [-0.39, 0.29) is 24.0 Å². The average molecular weight is 426 g/mol. The number of aryl methyl sites for hydroxylation is 1. The fraction of sp³-hybridized carbons (Fsp3) is 0.500. The largest absolute Gasteiger partial charge is 0.358 e. The van der Waals surface area contributed by atoms with Gasteiger partial charge in [-0.1, -0.05) is 31.0 Å². The predicted octanol–water partition coefficient (Wildman–Crippen LogP) is 3.74. The molecule has 0 radical (unpaired) electrons. The van der Waals surface area contributed by atoms with Crippen LogP contribution in [0.5, 0.6) is 0 Å². The van der Waals surface area contributed by atoms with Gasteiger partial charge in [0, 0.05) is 36.2 Å². The first-order valence-electron chi connectivity index (χ1n) is 8.31. The Labute approximate surface area is 155 Å². The molecule has 1 aliphatic carbocycles. The molecule has 0 amide bonds. The summed E-state index contributed by atoms with van der Waals surface area (Å²) in [7, 11) is 1.85. The van der Waals surface area contributed by atoms with E-state index in [2.05, 4.69) is 51.8 Å². The molecule has 0 unspecified atom stereocenters. The normalized spacial score (nSPS) is 15.7. The van der Waals surface area contributed by atoms with Crippen molar-refractivity contribution in [3.63, 3.8) is 0 Å². The molecule has 23 heavy (non-hydrogen) atoms. The van der Waals surface area contributed by atoms with Crippen molar-refractivity contribution in [2.24, 2.45) is 4.99 Å². The van der Waals surface area contributed by atoms with E-state index in [4.69, 9.17) is 0 Å². The van der Waals surface area contributed by atoms with Gasteiger partial charge in [0.1, 0.15) is 0 Å². The van der Waals surface area contributed by atoms with E-state index in [1.807, 2.05) is 7.05 Å². The van der Waals surface area contributed by atoms with Crippen LogP contribution in [-0.2, 0) is 6.42 Å². The molecule has 0 atom stereocenters. The topological polar surface area (TPSA) is 52.2 Å². The summed E-state index contributed by atoms with van der Waals surface area (Å²) in [4.78, 5) is 7.81. The van der Waals surface area contributed by atoms with E-state index < -0.39 is 0 Å². The zero-order valence-electron chi connectivity index (χ0n) is 14.0. The third-order valence-electron chi connectivity index (χ3n) is 4.61. The highest BCUT2D eigenvalue weighted by Gasteiger charge is 2.15. The molecule has 1 heterocycles. The Balaban J connectivity index is 0.00000192. The number of aliphatic imine (C=N–C) groups is 1. The van der Waals surface area contributed by atoms with Crippen LogP contribution in [0.25, 0.3) is 10.9 Å². The summed E-state index contributed by atoms with van der Waals surface area (Å²) in [5.41, 5.74) is 3.89. The molecular formula is C18H27IN4. The molecule has 1 aromatic carbocycles. The lowest BCUT2D eigenvalue weighted by molar-refractivity contribution is 0.613. The Morgan fingerprint density at radius 3 is 2.74 bits per heavy atom. The summed E-state index contributed by atoms with van der Waals surface area (Å²) in [6.45, 7) is 3.05. The number of fused-ring (bicyclic) bond motifs is 1. The van der Waals surface area contributed by atoms with E-state index in [9.17, 15) is 0 Å². The molecule has 0 spiro atoms. The molecule has 0 bridgehead atoms. The van der Waals surface area contributed by atoms with Gasteiger partial charge in [0.15, 0.2) is 5.96 Å². The second-order valence-corrected chi connectivity index (χ2v) is 6.15. The molecule has 4 nitrogen and oxygen atoms in total. The van der Waals surface area contributed by atoms with Crippen molar-refractivity contribution < 1.29 is 0 Å². The molecule has 2 aromatic rings. The number of aromatic nitrogens is 1. The van der Waals surface area contributed by atoms with Crippen molar-refractivity contribution in [1.29, 1.82) is 0 Å². The quantitative estimate of drug-likeness (QED) is 0.396. The zero-order valence-corrected chi connectivity index (χ0v) is 16.3. The maximum atomic E-state index is 4.34. The van der Waals surface area contributed by atoms with Gasteiger partial charge in [-0.05, 0) is 37.8 Å². The van der Waals surface area contributed by atoms with E-state index >= 15 is 0 Å². The number of nitrogens with one attached hydrogen (secondary N) is 3. The molecule has 1 fully saturated rings. The molecule has 1 aliphatic rings. The highest BCUT2D eigenvalue weighted by Crippen LogP contribution is 2.22. The Morgan fingerprint density at radius 1 is 1.26 bits per heavy atom. The number of hydrogen-bond donors (Lipinski definition) is 3. The van der Waals surface area contributed by atoms with Crippen LogP contribution in [0.15, 0.2) is 29.3 Å². The highest BCUT2D eigenvalue weighted by molar-refractivity contribution is 14.0. The molecule has 1 saturated carbocycles. The number of benzene rings is 1. The summed E-state index contributed by atoms with van der Waals surface area (Å²) in [5.74, 6) is 0.935. The van der Waals surface area contributed by atoms with Crippen molar-refractivity contribution in [3.8, 4) is 0 Å². The fourth-order valence-corrected chi connectivity index (χ4v) is 3.42. The van der Waals surface area contributed by atoms with Gasteiger partial charge >= 0.3 is 0 Å². The van der Waals surface area contributed by atoms with E-state index in [0.29, 0.717) is 6.04 Å². The minimum atomic E-state index is 0. The third kappa shape index (κ3) is 4.40. The van der Waals surface area contributed by atoms with Crippen LogP contribution in [0.3, 0.4) is 0 Å². The standard InChI is InChI=1S/C18H26N4.HI/c1-13-15(16-9-5-6-10-17(16)21-13)11-12-20-18(19-2)22-14-7-3-4-8-14;/h5-6,9-10,14,21H,3-4,7-8,11-12H2,1-2H3,(H2,19,20,22);1H. The molecular weight excluding hydrogens is 399 g/mol. The van der Waals surface area contributed by atoms with Crippen LogP contribution in [0, 0.1) is 6.92 Å². The average Bonchev–Trinajstić information content (AvgIpc) is 3.14. The summed E-state index contributed by atoms with van der Waals surface area (Å²) in [6.07, 6.45) is 6.21. The second-order valence-electron chi connectivity index (χ2n) is 6.15. The van der Waals surface area contributed by atoms with Crippen molar-refractivity contribution in [1.82, 2.24) is 15.6 Å². The van der Waals surface area contributed by atoms with Crippen LogP contribution >= 0.6 is 24.0 Å². The number of halogens is 1. The number of H-pyrrole nitrogens is 1. The van der Waals surface area contributed by atoms with Gasteiger partial charge in [-0.25, -0.2) is 0 Å². The van der Waals surface area contributed by atoms with Crippen molar-refractivity contribution in [2.75, 3.05) is 13.6 Å². The number of nitrogens with zero attached hydrogens (tertiary/aromatic N) is 1. The highest BCUT2D eigenvalue weighted by atomic mass is 127. The van der Waals surface area contributed by atoms with Crippen LogP contribution in [0.1, 0.15) is 36.9 Å². The van der Waals surface area contributed by atoms with Crippen LogP contribution in [0.2, 0.25) is 0 Å². The second kappa shape index (κ2) is 8.57. The van der Waals surface area contributed by atoms with Gasteiger partial charge in [0.05, 0.1) is 0 Å². The van der Waals surface area contributed by atoms with Crippen LogP contribution < -0.4 is 10.6 Å². The molecule has 1 aromatic heterocycles. The molecule has 5 heteroatoms. The fourth-order valence-electron chi connectivity index (χ4n) is 3.42. The number of hydrogen-bond acceptors (Lipinski definition) is 1. The SMILES string of the molecule is CN=C(NCCc1c(C)[nH]c2ccccc12)NC1CCCC1.I. The number of aromatic amines is 1. The lowest BCUT2D eigenvalue weighted by Gasteiger charge is -2.16. The molecule has 0 aliphatic heterocycles. The maximum Gasteiger partial charge on any atom is 0.191 e. The lowest BCUT2D eigenvalue weighted by Crippen LogP contribution is -2.43. The van der Waals surface area contributed by atoms with Crippen molar-refractivity contribution in [2.45, 2.75) is 45.1 Å². The zero-order chi connectivity index (χ0) is 15.4. The molecule has 3 N–H and O–H groups in total. The first-order chi connectivity index (χ1) is 10.8. The summed E-state index contributed by atoms with van der Waals surface area (Å²) in [6, 6.07) is 9.11. The van der Waals surface area contributed by atoms with Crippen LogP contribution in [0.4, 0.5) is 0 Å². The van der Waals surface area contributed by atoms with Gasteiger partial charge in [-0.15, -0.1) is 24.0 Å². The number of rotatable bonds is 4. The lowest BCUT2D eigenvalue weighted by atomic mass is 10.1. The minimum absolute atomic E-state index is 0. The van der Waals surface area contributed by atoms with Crippen molar-refractivity contribution in [3.05, 3.63) is 35.5 Å². The first-order valence-corrected chi connectivity index (χ1v) is 8.31. The molecule has 126 valence electrons. The van der Waals surface area contributed by atoms with E-state index in [0.717, 1.165) is 18.9 Å². The summed E-state index contributed by atoms with van der Waals surface area (Å²) >= 11 is 0. The summed E-state index contributed by atoms with van der Waals surface area (Å²) < 4.78 is 0. The van der Waals surface area contributed by atoms with Gasteiger partial charge in [0.2, 0.25) is 0 Å². The van der Waals surface area contributed by atoms with Gasteiger partial charge in [-0.2, -0.15) is 0 Å². The van der Waals surface area contributed by atoms with Gasteiger partial charge < -0.3 is 15.6 Å². The number of guanidine groups is 1. The molecule has 0 saturated heterocycles. The maximum absolute atomic E-state index is 4.34. The Hall–Kier alpha value is -1.24. The smallest absolute Gasteiger partial charge is 0.191 e.